The van der Waals surface area contributed by atoms with Crippen molar-refractivity contribution in [3.63, 3.8) is 0 Å². The standard InChI is InChI=1S/C19H18ClNO/c1-12(2)21-17-10-9-15(20)11-16(17)18(19(21)13(3)22)14-7-5-4-6-8-14/h4-12H,1-3H3. The Morgan fingerprint density at radius 3 is 2.36 bits per heavy atom. The molecule has 0 saturated heterocycles. The van der Waals surface area contributed by atoms with E-state index in [-0.39, 0.29) is 11.8 Å². The van der Waals surface area contributed by atoms with Crippen molar-refractivity contribution < 1.29 is 4.79 Å². The molecule has 112 valence electrons. The molecule has 0 aliphatic heterocycles. The lowest BCUT2D eigenvalue weighted by Gasteiger charge is -2.14. The molecule has 2 aromatic carbocycles. The van der Waals surface area contributed by atoms with Gasteiger partial charge in [0.25, 0.3) is 0 Å². The zero-order valence-corrected chi connectivity index (χ0v) is 13.7. The molecular weight excluding hydrogens is 294 g/mol. The molecule has 3 aromatic rings. The molecule has 0 radical (unpaired) electrons. The fraction of sp³-hybridized carbons (Fsp3) is 0.211. The Bertz CT molecular complexity index is 847. The van der Waals surface area contributed by atoms with E-state index >= 15 is 0 Å². The van der Waals surface area contributed by atoms with Gasteiger partial charge in [0.1, 0.15) is 0 Å². The average Bonchev–Trinajstić information content (AvgIpc) is 2.82. The second-order valence-corrected chi connectivity index (χ2v) is 6.21. The van der Waals surface area contributed by atoms with Crippen LogP contribution in [-0.2, 0) is 0 Å². The van der Waals surface area contributed by atoms with Gasteiger partial charge in [0.2, 0.25) is 0 Å². The van der Waals surface area contributed by atoms with E-state index in [1.807, 2.05) is 48.5 Å². The number of nitrogens with zero attached hydrogens (tertiary/aromatic N) is 1. The van der Waals surface area contributed by atoms with Crippen LogP contribution < -0.4 is 0 Å². The van der Waals surface area contributed by atoms with E-state index in [1.54, 1.807) is 6.92 Å². The summed E-state index contributed by atoms with van der Waals surface area (Å²) in [7, 11) is 0. The number of aromatic nitrogens is 1. The Hall–Kier alpha value is -2.06. The van der Waals surface area contributed by atoms with Crippen LogP contribution >= 0.6 is 11.6 Å². The molecule has 0 fully saturated rings. The number of carbonyl (C=O) groups is 1. The van der Waals surface area contributed by atoms with Crippen LogP contribution in [0.4, 0.5) is 0 Å². The van der Waals surface area contributed by atoms with Gasteiger partial charge >= 0.3 is 0 Å². The van der Waals surface area contributed by atoms with Gasteiger partial charge in [0.05, 0.1) is 5.69 Å². The first-order chi connectivity index (χ1) is 10.5. The first-order valence-electron chi connectivity index (χ1n) is 7.40. The molecule has 0 bridgehead atoms. The van der Waals surface area contributed by atoms with Gasteiger partial charge < -0.3 is 4.57 Å². The third-order valence-electron chi connectivity index (χ3n) is 3.88. The molecule has 1 heterocycles. The Kier molecular flexibility index (Phi) is 3.79. The smallest absolute Gasteiger partial charge is 0.176 e. The van der Waals surface area contributed by atoms with Crippen LogP contribution in [-0.4, -0.2) is 10.4 Å². The average molecular weight is 312 g/mol. The number of Topliss-reactive ketones (excluding diaryl/α,β-unsaturated/α-hetero) is 1. The van der Waals surface area contributed by atoms with Crippen molar-refractivity contribution >= 4 is 28.3 Å². The SMILES string of the molecule is CC(=O)c1c(-c2ccccc2)c2cc(Cl)ccc2n1C(C)C. The van der Waals surface area contributed by atoms with Gasteiger partial charge in [-0.15, -0.1) is 0 Å². The van der Waals surface area contributed by atoms with Gasteiger partial charge in [-0.25, -0.2) is 0 Å². The predicted octanol–water partition coefficient (Wildman–Crippen LogP) is 5.75. The third-order valence-corrected chi connectivity index (χ3v) is 4.11. The number of hydrogen-bond donors (Lipinski definition) is 0. The highest BCUT2D eigenvalue weighted by atomic mass is 35.5. The number of hydrogen-bond acceptors (Lipinski definition) is 1. The van der Waals surface area contributed by atoms with E-state index in [1.165, 1.54) is 0 Å². The molecule has 0 aliphatic rings. The molecule has 3 rings (SSSR count). The largest absolute Gasteiger partial charge is 0.335 e. The van der Waals surface area contributed by atoms with Crippen molar-refractivity contribution in [1.29, 1.82) is 0 Å². The van der Waals surface area contributed by atoms with E-state index in [2.05, 4.69) is 18.4 Å². The van der Waals surface area contributed by atoms with E-state index in [0.717, 1.165) is 27.7 Å². The number of fused-ring (bicyclic) bond motifs is 1. The molecule has 22 heavy (non-hydrogen) atoms. The molecule has 0 atom stereocenters. The summed E-state index contributed by atoms with van der Waals surface area (Å²) < 4.78 is 2.11. The summed E-state index contributed by atoms with van der Waals surface area (Å²) in [5.74, 6) is 0.0693. The van der Waals surface area contributed by atoms with Crippen molar-refractivity contribution in [1.82, 2.24) is 4.57 Å². The number of halogens is 1. The van der Waals surface area contributed by atoms with Gasteiger partial charge in [0.15, 0.2) is 5.78 Å². The molecule has 2 nitrogen and oxygen atoms in total. The van der Waals surface area contributed by atoms with Crippen LogP contribution in [0, 0.1) is 0 Å². The molecule has 0 aliphatic carbocycles. The molecule has 0 saturated carbocycles. The van der Waals surface area contributed by atoms with E-state index in [0.29, 0.717) is 5.02 Å². The lowest BCUT2D eigenvalue weighted by atomic mass is 10.0. The maximum Gasteiger partial charge on any atom is 0.176 e. The first-order valence-corrected chi connectivity index (χ1v) is 7.78. The minimum Gasteiger partial charge on any atom is -0.335 e. The summed E-state index contributed by atoms with van der Waals surface area (Å²) in [6.07, 6.45) is 0. The first kappa shape index (κ1) is 14.9. The van der Waals surface area contributed by atoms with E-state index < -0.39 is 0 Å². The van der Waals surface area contributed by atoms with Gasteiger partial charge in [-0.3, -0.25) is 4.79 Å². The Morgan fingerprint density at radius 2 is 1.77 bits per heavy atom. The van der Waals surface area contributed by atoms with Gasteiger partial charge in [0, 0.05) is 34.5 Å². The van der Waals surface area contributed by atoms with Gasteiger partial charge in [-0.1, -0.05) is 41.9 Å². The Morgan fingerprint density at radius 1 is 1.09 bits per heavy atom. The molecule has 0 unspecified atom stereocenters. The van der Waals surface area contributed by atoms with Gasteiger partial charge in [-0.2, -0.15) is 0 Å². The minimum absolute atomic E-state index is 0.0693. The van der Waals surface area contributed by atoms with Crippen molar-refractivity contribution in [2.45, 2.75) is 26.8 Å². The minimum atomic E-state index is 0.0693. The topological polar surface area (TPSA) is 22.0 Å². The lowest BCUT2D eigenvalue weighted by Crippen LogP contribution is -2.09. The number of rotatable bonds is 3. The van der Waals surface area contributed by atoms with Crippen LogP contribution in [0.1, 0.15) is 37.3 Å². The third kappa shape index (κ3) is 2.34. The normalized spacial score (nSPS) is 11.3. The van der Waals surface area contributed by atoms with Gasteiger partial charge in [-0.05, 0) is 37.6 Å². The summed E-state index contributed by atoms with van der Waals surface area (Å²) in [5, 5.41) is 1.71. The number of ketones is 1. The molecule has 1 aromatic heterocycles. The van der Waals surface area contributed by atoms with E-state index in [4.69, 9.17) is 11.6 Å². The molecular formula is C19H18ClNO. The summed E-state index contributed by atoms with van der Waals surface area (Å²) in [6.45, 7) is 5.81. The Balaban J connectivity index is 2.50. The fourth-order valence-corrected chi connectivity index (χ4v) is 3.24. The summed E-state index contributed by atoms with van der Waals surface area (Å²) in [6, 6.07) is 16.0. The highest BCUT2D eigenvalue weighted by Crippen LogP contribution is 2.38. The fourth-order valence-electron chi connectivity index (χ4n) is 3.07. The second-order valence-electron chi connectivity index (χ2n) is 5.77. The highest BCUT2D eigenvalue weighted by molar-refractivity contribution is 6.31. The quantitative estimate of drug-likeness (QED) is 0.565. The lowest BCUT2D eigenvalue weighted by molar-refractivity contribution is 0.100. The number of benzene rings is 2. The summed E-state index contributed by atoms with van der Waals surface area (Å²) >= 11 is 6.20. The maximum atomic E-state index is 12.4. The monoisotopic (exact) mass is 311 g/mol. The van der Waals surface area contributed by atoms with Crippen LogP contribution in [0.25, 0.3) is 22.0 Å². The number of carbonyl (C=O) groups excluding carboxylic acids is 1. The summed E-state index contributed by atoms with van der Waals surface area (Å²) in [4.78, 5) is 12.4. The maximum absolute atomic E-state index is 12.4. The van der Waals surface area contributed by atoms with E-state index in [9.17, 15) is 4.79 Å². The zero-order valence-electron chi connectivity index (χ0n) is 12.9. The van der Waals surface area contributed by atoms with Crippen LogP contribution in [0.15, 0.2) is 48.5 Å². The summed E-state index contributed by atoms with van der Waals surface area (Å²) in [5.41, 5.74) is 3.81. The Labute approximate surface area is 135 Å². The van der Waals surface area contributed by atoms with Crippen molar-refractivity contribution in [3.8, 4) is 11.1 Å². The van der Waals surface area contributed by atoms with Crippen LogP contribution in [0.3, 0.4) is 0 Å². The molecule has 0 spiro atoms. The molecule has 0 N–H and O–H groups in total. The predicted molar refractivity (Wildman–Crippen MR) is 92.8 cm³/mol. The highest BCUT2D eigenvalue weighted by Gasteiger charge is 2.22. The van der Waals surface area contributed by atoms with Crippen molar-refractivity contribution in [2.24, 2.45) is 0 Å². The molecule has 0 amide bonds. The molecule has 3 heteroatoms. The van der Waals surface area contributed by atoms with Crippen molar-refractivity contribution in [3.05, 3.63) is 59.2 Å². The van der Waals surface area contributed by atoms with Crippen LogP contribution in [0.5, 0.6) is 0 Å². The second kappa shape index (κ2) is 5.62. The zero-order chi connectivity index (χ0) is 15.9. The van der Waals surface area contributed by atoms with Crippen molar-refractivity contribution in [2.75, 3.05) is 0 Å². The van der Waals surface area contributed by atoms with Crippen LogP contribution in [0.2, 0.25) is 5.02 Å².